The number of hydrogen-bond donors (Lipinski definition) is 2. The van der Waals surface area contributed by atoms with E-state index in [1.165, 1.54) is 36.9 Å². The topological polar surface area (TPSA) is 144 Å². The number of fused-ring (bicyclic) bond motifs is 1. The van der Waals surface area contributed by atoms with Crippen molar-refractivity contribution in [1.29, 1.82) is 0 Å². The third kappa shape index (κ3) is 7.45. The fourth-order valence-electron chi connectivity index (χ4n) is 5.38. The molecule has 1 aliphatic carbocycles. The molecule has 1 atom stereocenters. The van der Waals surface area contributed by atoms with Gasteiger partial charge in [-0.25, -0.2) is 9.97 Å². The summed E-state index contributed by atoms with van der Waals surface area (Å²) >= 11 is 0. The van der Waals surface area contributed by atoms with Gasteiger partial charge in [-0.2, -0.15) is 0 Å². The van der Waals surface area contributed by atoms with Crippen LogP contribution in [-0.4, -0.2) is 71.3 Å². The molecule has 4 rings (SSSR count). The van der Waals surface area contributed by atoms with Crippen LogP contribution in [0, 0.1) is 19.8 Å². The maximum atomic E-state index is 12.1. The molecule has 2 aromatic rings. The molecule has 3 heterocycles. The third-order valence-electron chi connectivity index (χ3n) is 7.72. The average molecular weight is 554 g/mol. The number of aromatic nitrogens is 3. The Hall–Kier alpha value is -3.76. The highest BCUT2D eigenvalue weighted by Gasteiger charge is 2.27. The number of carboxylic acids is 1. The monoisotopic (exact) mass is 553 g/mol. The van der Waals surface area contributed by atoms with Crippen LogP contribution in [0.25, 0.3) is 0 Å². The number of aryl methyl sites for hydroxylation is 3. The molecule has 0 saturated carbocycles. The number of pyridine rings is 1. The van der Waals surface area contributed by atoms with Gasteiger partial charge in [-0.1, -0.05) is 6.07 Å². The molecule has 1 saturated heterocycles. The van der Waals surface area contributed by atoms with E-state index in [4.69, 9.17) is 14.7 Å². The molecule has 2 aliphatic rings. The first-order chi connectivity index (χ1) is 19.2. The Balaban J connectivity index is 1.35. The summed E-state index contributed by atoms with van der Waals surface area (Å²) in [4.78, 5) is 51.6. The van der Waals surface area contributed by atoms with Gasteiger partial charge in [0.05, 0.1) is 25.9 Å². The first-order valence-corrected chi connectivity index (χ1v) is 14.0. The van der Waals surface area contributed by atoms with Crippen molar-refractivity contribution >= 4 is 29.5 Å². The van der Waals surface area contributed by atoms with Gasteiger partial charge < -0.3 is 24.8 Å². The Labute approximate surface area is 234 Å². The molecule has 2 aromatic heterocycles. The van der Waals surface area contributed by atoms with Crippen LogP contribution >= 0.6 is 0 Å². The highest BCUT2D eigenvalue weighted by molar-refractivity contribution is 5.79. The summed E-state index contributed by atoms with van der Waals surface area (Å²) in [7, 11) is 1.24. The number of carboxylic acid groups (broad SMARTS) is 1. The Morgan fingerprint density at radius 1 is 1.07 bits per heavy atom. The van der Waals surface area contributed by atoms with Crippen molar-refractivity contribution in [3.63, 3.8) is 0 Å². The van der Waals surface area contributed by atoms with Crippen LogP contribution in [0.5, 0.6) is 0 Å². The largest absolute Gasteiger partial charge is 0.481 e. The normalized spacial score (nSPS) is 16.1. The molecule has 0 radical (unpaired) electrons. The molecule has 0 unspecified atom stereocenters. The smallest absolute Gasteiger partial charge is 0.308 e. The molecule has 11 heteroatoms. The highest BCUT2D eigenvalue weighted by Crippen LogP contribution is 2.33. The van der Waals surface area contributed by atoms with Crippen molar-refractivity contribution in [3.8, 4) is 0 Å². The van der Waals surface area contributed by atoms with Gasteiger partial charge in [-0.15, -0.1) is 0 Å². The maximum Gasteiger partial charge on any atom is 0.308 e. The zero-order valence-corrected chi connectivity index (χ0v) is 23.6. The van der Waals surface area contributed by atoms with E-state index in [-0.39, 0.29) is 26.0 Å². The Kier molecular flexibility index (Phi) is 9.89. The van der Waals surface area contributed by atoms with E-state index < -0.39 is 23.8 Å². The minimum absolute atomic E-state index is 0.00968. The lowest BCUT2D eigenvalue weighted by molar-refractivity contribution is -0.153. The van der Waals surface area contributed by atoms with E-state index in [2.05, 4.69) is 32.1 Å². The first kappa shape index (κ1) is 29.2. The van der Waals surface area contributed by atoms with Gasteiger partial charge >= 0.3 is 17.9 Å². The number of hydrogen-bond acceptors (Lipinski definition) is 10. The van der Waals surface area contributed by atoms with Gasteiger partial charge in [0, 0.05) is 42.5 Å². The lowest BCUT2D eigenvalue weighted by atomic mass is 9.90. The first-order valence-electron chi connectivity index (χ1n) is 14.0. The van der Waals surface area contributed by atoms with Gasteiger partial charge in [0.2, 0.25) is 0 Å². The van der Waals surface area contributed by atoms with E-state index >= 15 is 0 Å². The lowest BCUT2D eigenvalue weighted by Gasteiger charge is -2.34. The summed E-state index contributed by atoms with van der Waals surface area (Å²) in [6.45, 7) is 5.25. The molecule has 0 aromatic carbocycles. The molecule has 0 amide bonds. The van der Waals surface area contributed by atoms with Crippen LogP contribution in [0.3, 0.4) is 0 Å². The fourth-order valence-corrected chi connectivity index (χ4v) is 5.38. The van der Waals surface area contributed by atoms with Crippen LogP contribution in [0.4, 0.5) is 11.6 Å². The van der Waals surface area contributed by atoms with Crippen molar-refractivity contribution < 1.29 is 29.0 Å². The van der Waals surface area contributed by atoms with Crippen LogP contribution < -0.4 is 10.2 Å². The summed E-state index contributed by atoms with van der Waals surface area (Å²) in [5.74, 6) is -0.960. The summed E-state index contributed by atoms with van der Waals surface area (Å²) in [6, 6.07) is 4.48. The Bertz CT molecular complexity index is 1230. The van der Waals surface area contributed by atoms with Crippen LogP contribution in [0.1, 0.15) is 72.8 Å². The number of aliphatic carboxylic acids is 1. The summed E-state index contributed by atoms with van der Waals surface area (Å²) in [5.41, 5.74) is 4.71. The molecule has 11 nitrogen and oxygen atoms in total. The van der Waals surface area contributed by atoms with Crippen molar-refractivity contribution in [1.82, 2.24) is 15.0 Å². The van der Waals surface area contributed by atoms with Crippen LogP contribution in [-0.2, 0) is 36.7 Å². The van der Waals surface area contributed by atoms with E-state index in [1.807, 2.05) is 13.8 Å². The van der Waals surface area contributed by atoms with Crippen molar-refractivity contribution in [2.24, 2.45) is 5.92 Å². The molecule has 0 bridgehead atoms. The Morgan fingerprint density at radius 3 is 2.55 bits per heavy atom. The highest BCUT2D eigenvalue weighted by atomic mass is 16.5. The predicted molar refractivity (Wildman–Crippen MR) is 148 cm³/mol. The second-order valence-corrected chi connectivity index (χ2v) is 10.5. The summed E-state index contributed by atoms with van der Waals surface area (Å²) < 4.78 is 9.49. The number of nitrogens with zero attached hydrogens (tertiary/aromatic N) is 4. The SMILES string of the molecule is COC(=O)CCOC(=O)C[C@@H](CNc1nc(C)nc(N2CCC(c3ccc4c(n3)CCCC4)CC2)c1C)C(=O)O. The molecule has 0 spiro atoms. The van der Waals surface area contributed by atoms with Gasteiger partial charge in [-0.3, -0.25) is 19.4 Å². The van der Waals surface area contributed by atoms with Gasteiger partial charge in [-0.05, 0) is 64.0 Å². The molecule has 2 N–H and O–H groups in total. The molecular formula is C29H39N5O6. The molecule has 1 fully saturated rings. The van der Waals surface area contributed by atoms with Gasteiger partial charge in [0.15, 0.2) is 0 Å². The number of carbonyl (C=O) groups is 3. The van der Waals surface area contributed by atoms with Crippen molar-refractivity contribution in [2.45, 2.75) is 71.1 Å². The van der Waals surface area contributed by atoms with Gasteiger partial charge in [0.1, 0.15) is 24.1 Å². The molecule has 40 heavy (non-hydrogen) atoms. The number of anilines is 2. The number of carbonyl (C=O) groups excluding carboxylic acids is 2. The minimum Gasteiger partial charge on any atom is -0.481 e. The molecule has 216 valence electrons. The number of piperidine rings is 1. The molecule has 1 aliphatic heterocycles. The zero-order valence-electron chi connectivity index (χ0n) is 23.6. The third-order valence-corrected chi connectivity index (χ3v) is 7.72. The summed E-state index contributed by atoms with van der Waals surface area (Å²) in [6.07, 6.45) is 6.24. The number of nitrogens with one attached hydrogen (secondary N) is 1. The van der Waals surface area contributed by atoms with E-state index in [9.17, 15) is 19.5 Å². The predicted octanol–water partition coefficient (Wildman–Crippen LogP) is 3.36. The lowest BCUT2D eigenvalue weighted by Crippen LogP contribution is -2.35. The number of rotatable bonds is 11. The number of methoxy groups -OCH3 is 1. The van der Waals surface area contributed by atoms with E-state index in [1.54, 1.807) is 0 Å². The number of esters is 2. The van der Waals surface area contributed by atoms with E-state index in [0.29, 0.717) is 17.6 Å². The second kappa shape index (κ2) is 13.5. The van der Waals surface area contributed by atoms with E-state index in [0.717, 1.165) is 50.2 Å². The maximum absolute atomic E-state index is 12.1. The second-order valence-electron chi connectivity index (χ2n) is 10.5. The van der Waals surface area contributed by atoms with Crippen molar-refractivity contribution in [3.05, 3.63) is 40.5 Å². The standard InChI is InChI=1S/C29H39N5O6/c1-18-27(30-17-22(29(37)38)16-26(36)40-15-12-25(35)39-3)31-19(2)32-28(18)34-13-10-21(11-14-34)24-9-8-20-6-4-5-7-23(20)33-24/h8-9,21-22H,4-7,10-17H2,1-3H3,(H,37,38)(H,30,31,32)/t22-/m0/s1. The Morgan fingerprint density at radius 2 is 1.82 bits per heavy atom. The zero-order chi connectivity index (χ0) is 28.6. The fraction of sp³-hybridized carbons (Fsp3) is 0.586. The minimum atomic E-state index is -1.13. The number of ether oxygens (including phenoxy) is 2. The van der Waals surface area contributed by atoms with Crippen LogP contribution in [0.2, 0.25) is 0 Å². The summed E-state index contributed by atoms with van der Waals surface area (Å²) in [5, 5.41) is 12.8. The van der Waals surface area contributed by atoms with Gasteiger partial charge in [0.25, 0.3) is 0 Å². The quantitative estimate of drug-likeness (QED) is 0.395. The molecular weight excluding hydrogens is 514 g/mol. The van der Waals surface area contributed by atoms with Crippen molar-refractivity contribution in [2.75, 3.05) is 43.6 Å². The average Bonchev–Trinajstić information content (AvgIpc) is 2.96. The van der Waals surface area contributed by atoms with Crippen LogP contribution in [0.15, 0.2) is 12.1 Å².